The second-order valence-corrected chi connectivity index (χ2v) is 6.01. The molecular weight excluding hydrogens is 258 g/mol. The summed E-state index contributed by atoms with van der Waals surface area (Å²) < 4.78 is 1.95. The average Bonchev–Trinajstić information content (AvgIpc) is 2.96. The van der Waals surface area contributed by atoms with Gasteiger partial charge in [0.2, 0.25) is 0 Å². The molecule has 3 nitrogen and oxygen atoms in total. The highest BCUT2D eigenvalue weighted by Crippen LogP contribution is 2.17. The van der Waals surface area contributed by atoms with Gasteiger partial charge in [-0.25, -0.2) is 4.68 Å². The van der Waals surface area contributed by atoms with Gasteiger partial charge in [-0.1, -0.05) is 50.3 Å². The molecule has 0 bridgehead atoms. The first-order valence-electron chi connectivity index (χ1n) is 8.25. The predicted octanol–water partition coefficient (Wildman–Crippen LogP) is 4.07. The molecule has 1 saturated carbocycles. The van der Waals surface area contributed by atoms with Gasteiger partial charge in [0.25, 0.3) is 0 Å². The molecule has 1 aromatic heterocycles. The van der Waals surface area contributed by atoms with E-state index in [9.17, 15) is 0 Å². The molecule has 0 spiro atoms. The van der Waals surface area contributed by atoms with E-state index in [2.05, 4.69) is 28.6 Å². The number of hydrogen-bond donors (Lipinski definition) is 1. The van der Waals surface area contributed by atoms with Crippen molar-refractivity contribution in [3.05, 3.63) is 48.3 Å². The third-order valence-corrected chi connectivity index (χ3v) is 4.34. The van der Waals surface area contributed by atoms with E-state index >= 15 is 0 Å². The van der Waals surface area contributed by atoms with Crippen molar-refractivity contribution in [1.29, 1.82) is 0 Å². The van der Waals surface area contributed by atoms with Crippen molar-refractivity contribution in [3.63, 3.8) is 0 Å². The number of para-hydroxylation sites is 1. The Morgan fingerprint density at radius 2 is 1.67 bits per heavy atom. The highest BCUT2D eigenvalue weighted by atomic mass is 15.3. The Balaban J connectivity index is 1.54. The van der Waals surface area contributed by atoms with Gasteiger partial charge in [0, 0.05) is 18.8 Å². The second kappa shape index (κ2) is 7.41. The van der Waals surface area contributed by atoms with Gasteiger partial charge < -0.3 is 5.32 Å². The molecule has 0 amide bonds. The van der Waals surface area contributed by atoms with Gasteiger partial charge in [0.15, 0.2) is 0 Å². The summed E-state index contributed by atoms with van der Waals surface area (Å²) in [6.07, 6.45) is 11.7. The first kappa shape index (κ1) is 14.3. The molecule has 1 fully saturated rings. The van der Waals surface area contributed by atoms with Gasteiger partial charge >= 0.3 is 0 Å². The maximum Gasteiger partial charge on any atom is 0.0766 e. The van der Waals surface area contributed by atoms with Crippen LogP contribution >= 0.6 is 0 Å². The largest absolute Gasteiger partial charge is 0.308 e. The third-order valence-electron chi connectivity index (χ3n) is 4.34. The molecule has 0 saturated heterocycles. The minimum atomic E-state index is 0.673. The molecule has 21 heavy (non-hydrogen) atoms. The molecule has 1 N–H and O–H groups in total. The van der Waals surface area contributed by atoms with Crippen LogP contribution in [0, 0.1) is 0 Å². The standard InChI is InChI=1S/C18H25N3/c1-2-5-9-16(10-6-3-1)19-15-17-13-14-21(20-17)18-11-7-4-8-12-18/h4,7-8,11-14,16,19H,1-3,5-6,9-10,15H2. The zero-order valence-electron chi connectivity index (χ0n) is 12.7. The van der Waals surface area contributed by atoms with Crippen molar-refractivity contribution in [2.45, 2.75) is 57.5 Å². The highest BCUT2D eigenvalue weighted by molar-refractivity contribution is 5.30. The highest BCUT2D eigenvalue weighted by Gasteiger charge is 2.11. The minimum absolute atomic E-state index is 0.673. The third kappa shape index (κ3) is 4.18. The van der Waals surface area contributed by atoms with Crippen LogP contribution in [0.4, 0.5) is 0 Å². The first-order valence-corrected chi connectivity index (χ1v) is 8.25. The molecule has 3 heteroatoms. The summed E-state index contributed by atoms with van der Waals surface area (Å²) in [5.41, 5.74) is 2.25. The first-order chi connectivity index (χ1) is 10.4. The van der Waals surface area contributed by atoms with Gasteiger partial charge in [-0.3, -0.25) is 0 Å². The number of nitrogens with one attached hydrogen (secondary N) is 1. The molecule has 1 aliphatic carbocycles. The van der Waals surface area contributed by atoms with Crippen LogP contribution in [-0.4, -0.2) is 15.8 Å². The van der Waals surface area contributed by atoms with Crippen molar-refractivity contribution in [2.75, 3.05) is 0 Å². The summed E-state index contributed by atoms with van der Waals surface area (Å²) in [5, 5.41) is 8.36. The van der Waals surface area contributed by atoms with E-state index < -0.39 is 0 Å². The smallest absolute Gasteiger partial charge is 0.0766 e. The lowest BCUT2D eigenvalue weighted by Gasteiger charge is -2.20. The topological polar surface area (TPSA) is 29.9 Å². The lowest BCUT2D eigenvalue weighted by atomic mass is 9.97. The Morgan fingerprint density at radius 3 is 2.43 bits per heavy atom. The Hall–Kier alpha value is -1.61. The van der Waals surface area contributed by atoms with Crippen LogP contribution in [0.15, 0.2) is 42.6 Å². The van der Waals surface area contributed by atoms with E-state index in [4.69, 9.17) is 0 Å². The molecule has 112 valence electrons. The summed E-state index contributed by atoms with van der Waals surface area (Å²) in [6, 6.07) is 13.1. The average molecular weight is 283 g/mol. The fourth-order valence-electron chi connectivity index (χ4n) is 3.09. The number of benzene rings is 1. The van der Waals surface area contributed by atoms with Crippen LogP contribution in [-0.2, 0) is 6.54 Å². The van der Waals surface area contributed by atoms with Crippen LogP contribution in [0.1, 0.15) is 50.6 Å². The maximum absolute atomic E-state index is 4.66. The van der Waals surface area contributed by atoms with Crippen molar-refractivity contribution < 1.29 is 0 Å². The van der Waals surface area contributed by atoms with Crippen LogP contribution in [0.3, 0.4) is 0 Å². The normalized spacial score (nSPS) is 17.3. The molecule has 1 aliphatic rings. The monoisotopic (exact) mass is 283 g/mol. The Morgan fingerprint density at radius 1 is 0.952 bits per heavy atom. The second-order valence-electron chi connectivity index (χ2n) is 6.01. The summed E-state index contributed by atoms with van der Waals surface area (Å²) in [6.45, 7) is 0.879. The lowest BCUT2D eigenvalue weighted by molar-refractivity contribution is 0.387. The molecule has 0 unspecified atom stereocenters. The number of nitrogens with zero attached hydrogens (tertiary/aromatic N) is 2. The number of rotatable bonds is 4. The summed E-state index contributed by atoms with van der Waals surface area (Å²) >= 11 is 0. The zero-order valence-corrected chi connectivity index (χ0v) is 12.7. The molecule has 2 aromatic rings. The van der Waals surface area contributed by atoms with Gasteiger partial charge in [0.1, 0.15) is 0 Å². The molecule has 0 aliphatic heterocycles. The molecule has 0 atom stereocenters. The molecule has 0 radical (unpaired) electrons. The van der Waals surface area contributed by atoms with Crippen molar-refractivity contribution in [1.82, 2.24) is 15.1 Å². The predicted molar refractivity (Wildman–Crippen MR) is 86.5 cm³/mol. The van der Waals surface area contributed by atoms with Crippen LogP contribution in [0.5, 0.6) is 0 Å². The van der Waals surface area contributed by atoms with Crippen LogP contribution < -0.4 is 5.32 Å². The van der Waals surface area contributed by atoms with Crippen molar-refractivity contribution in [3.8, 4) is 5.69 Å². The van der Waals surface area contributed by atoms with E-state index in [0.29, 0.717) is 6.04 Å². The van der Waals surface area contributed by atoms with E-state index in [1.807, 2.05) is 29.1 Å². The summed E-state index contributed by atoms with van der Waals surface area (Å²) in [5.74, 6) is 0. The van der Waals surface area contributed by atoms with Gasteiger partial charge in [-0.05, 0) is 31.0 Å². The molecule has 1 heterocycles. The zero-order chi connectivity index (χ0) is 14.3. The lowest BCUT2D eigenvalue weighted by Crippen LogP contribution is -2.29. The Kier molecular flexibility index (Phi) is 5.06. The molecule has 1 aromatic carbocycles. The van der Waals surface area contributed by atoms with E-state index in [-0.39, 0.29) is 0 Å². The van der Waals surface area contributed by atoms with Gasteiger partial charge in [0.05, 0.1) is 11.4 Å². The van der Waals surface area contributed by atoms with Crippen molar-refractivity contribution >= 4 is 0 Å². The minimum Gasteiger partial charge on any atom is -0.308 e. The summed E-state index contributed by atoms with van der Waals surface area (Å²) in [4.78, 5) is 0. The van der Waals surface area contributed by atoms with Crippen LogP contribution in [0.2, 0.25) is 0 Å². The SMILES string of the molecule is c1ccc(-n2ccc(CNC3CCCCCCC3)n2)cc1. The molecular formula is C18H25N3. The summed E-state index contributed by atoms with van der Waals surface area (Å²) in [7, 11) is 0. The Labute approximate surface area is 127 Å². The van der Waals surface area contributed by atoms with Crippen molar-refractivity contribution in [2.24, 2.45) is 0 Å². The van der Waals surface area contributed by atoms with Crippen LogP contribution in [0.25, 0.3) is 5.69 Å². The van der Waals surface area contributed by atoms with Gasteiger partial charge in [-0.15, -0.1) is 0 Å². The van der Waals surface area contributed by atoms with Gasteiger partial charge in [-0.2, -0.15) is 5.10 Å². The van der Waals surface area contributed by atoms with E-state index in [1.54, 1.807) is 0 Å². The quantitative estimate of drug-likeness (QED) is 0.916. The van der Waals surface area contributed by atoms with E-state index in [1.165, 1.54) is 44.9 Å². The maximum atomic E-state index is 4.66. The fraction of sp³-hybridized carbons (Fsp3) is 0.500. The number of hydrogen-bond acceptors (Lipinski definition) is 2. The number of aromatic nitrogens is 2. The molecule has 3 rings (SSSR count). The fourth-order valence-corrected chi connectivity index (χ4v) is 3.09. The Bertz CT molecular complexity index is 524. The van der Waals surface area contributed by atoms with E-state index in [0.717, 1.165) is 17.9 Å².